The van der Waals surface area contributed by atoms with Gasteiger partial charge in [0, 0.05) is 19.4 Å². The van der Waals surface area contributed by atoms with Crippen molar-refractivity contribution in [2.75, 3.05) is 6.54 Å². The van der Waals surface area contributed by atoms with Crippen molar-refractivity contribution in [3.8, 4) is 0 Å². The molecule has 0 aromatic carbocycles. The molecule has 4 heteroatoms. The Labute approximate surface area is 117 Å². The van der Waals surface area contributed by atoms with Gasteiger partial charge in [-0.1, -0.05) is 33.6 Å². The monoisotopic (exact) mass is 271 g/mol. The standard InChI is InChI=1S/C15H29NO3/c1-15(2,3)11-7-6-9-13(17)16-12-8-4-5-10-14(18)19/h4-12H2,1-3H3,(H,16,17)(H,18,19). The number of carboxylic acid groups (broad SMARTS) is 1. The van der Waals surface area contributed by atoms with E-state index < -0.39 is 5.97 Å². The molecule has 0 atom stereocenters. The van der Waals surface area contributed by atoms with Crippen LogP contribution in [0, 0.1) is 5.41 Å². The van der Waals surface area contributed by atoms with Gasteiger partial charge in [-0.15, -0.1) is 0 Å². The van der Waals surface area contributed by atoms with Crippen molar-refractivity contribution in [2.45, 2.75) is 72.1 Å². The van der Waals surface area contributed by atoms with E-state index >= 15 is 0 Å². The number of amides is 1. The van der Waals surface area contributed by atoms with Crippen LogP contribution in [-0.2, 0) is 9.59 Å². The summed E-state index contributed by atoms with van der Waals surface area (Å²) in [7, 11) is 0. The first-order chi connectivity index (χ1) is 8.81. The maximum atomic E-state index is 11.5. The summed E-state index contributed by atoms with van der Waals surface area (Å²) in [6.07, 6.45) is 6.42. The van der Waals surface area contributed by atoms with Crippen LogP contribution in [0.5, 0.6) is 0 Å². The van der Waals surface area contributed by atoms with Gasteiger partial charge in [-0.05, 0) is 31.1 Å². The van der Waals surface area contributed by atoms with E-state index in [1.165, 1.54) is 0 Å². The third kappa shape index (κ3) is 14.9. The number of carbonyl (C=O) groups is 2. The smallest absolute Gasteiger partial charge is 0.303 e. The first-order valence-electron chi connectivity index (χ1n) is 7.30. The van der Waals surface area contributed by atoms with E-state index in [0.29, 0.717) is 24.8 Å². The first-order valence-corrected chi connectivity index (χ1v) is 7.30. The predicted molar refractivity (Wildman–Crippen MR) is 77.0 cm³/mol. The second-order valence-electron chi connectivity index (χ2n) is 6.32. The third-order valence-corrected chi connectivity index (χ3v) is 2.97. The molecule has 112 valence electrons. The van der Waals surface area contributed by atoms with Gasteiger partial charge < -0.3 is 10.4 Å². The molecule has 0 radical (unpaired) electrons. The second-order valence-corrected chi connectivity index (χ2v) is 6.32. The molecular formula is C15H29NO3. The summed E-state index contributed by atoms with van der Waals surface area (Å²) in [6, 6.07) is 0. The molecule has 0 unspecified atom stereocenters. The number of unbranched alkanes of at least 4 members (excludes halogenated alkanes) is 3. The Kier molecular flexibility index (Phi) is 9.27. The summed E-state index contributed by atoms with van der Waals surface area (Å²) in [5.74, 6) is -0.630. The van der Waals surface area contributed by atoms with Crippen molar-refractivity contribution in [3.63, 3.8) is 0 Å². The lowest BCUT2D eigenvalue weighted by Crippen LogP contribution is -2.24. The highest BCUT2D eigenvalue weighted by Crippen LogP contribution is 2.21. The van der Waals surface area contributed by atoms with Gasteiger partial charge in [0.1, 0.15) is 0 Å². The maximum absolute atomic E-state index is 11.5. The van der Waals surface area contributed by atoms with Crippen LogP contribution in [0.1, 0.15) is 72.1 Å². The molecule has 0 rings (SSSR count). The lowest BCUT2D eigenvalue weighted by Gasteiger charge is -2.17. The number of rotatable bonds is 10. The zero-order valence-corrected chi connectivity index (χ0v) is 12.6. The fourth-order valence-electron chi connectivity index (χ4n) is 1.84. The highest BCUT2D eigenvalue weighted by atomic mass is 16.4. The summed E-state index contributed by atoms with van der Waals surface area (Å²) < 4.78 is 0. The van der Waals surface area contributed by atoms with Gasteiger partial charge in [-0.3, -0.25) is 9.59 Å². The molecule has 19 heavy (non-hydrogen) atoms. The van der Waals surface area contributed by atoms with Crippen molar-refractivity contribution in [1.29, 1.82) is 0 Å². The normalized spacial score (nSPS) is 11.3. The van der Waals surface area contributed by atoms with Crippen LogP contribution in [0.3, 0.4) is 0 Å². The molecule has 0 fully saturated rings. The van der Waals surface area contributed by atoms with Crippen LogP contribution in [-0.4, -0.2) is 23.5 Å². The number of aliphatic carboxylic acids is 1. The quantitative estimate of drug-likeness (QED) is 0.599. The van der Waals surface area contributed by atoms with E-state index in [2.05, 4.69) is 26.1 Å². The highest BCUT2D eigenvalue weighted by Gasteiger charge is 2.09. The van der Waals surface area contributed by atoms with Gasteiger partial charge in [0.25, 0.3) is 0 Å². The number of hydrogen-bond acceptors (Lipinski definition) is 2. The van der Waals surface area contributed by atoms with Crippen LogP contribution in [0.25, 0.3) is 0 Å². The average Bonchev–Trinajstić information content (AvgIpc) is 2.27. The summed E-state index contributed by atoms with van der Waals surface area (Å²) in [5.41, 5.74) is 0.348. The van der Waals surface area contributed by atoms with Crippen LogP contribution in [0.4, 0.5) is 0 Å². The summed E-state index contributed by atoms with van der Waals surface area (Å²) in [4.78, 5) is 21.8. The van der Waals surface area contributed by atoms with Crippen LogP contribution in [0.15, 0.2) is 0 Å². The fraction of sp³-hybridized carbons (Fsp3) is 0.867. The van der Waals surface area contributed by atoms with Crippen molar-refractivity contribution in [1.82, 2.24) is 5.32 Å². The molecule has 0 bridgehead atoms. The fourth-order valence-corrected chi connectivity index (χ4v) is 1.84. The van der Waals surface area contributed by atoms with Crippen LogP contribution >= 0.6 is 0 Å². The lowest BCUT2D eigenvalue weighted by molar-refractivity contribution is -0.137. The molecule has 0 aliphatic carbocycles. The number of carbonyl (C=O) groups excluding carboxylic acids is 1. The Morgan fingerprint density at radius 3 is 2.16 bits per heavy atom. The molecule has 0 saturated carbocycles. The molecular weight excluding hydrogens is 242 g/mol. The van der Waals surface area contributed by atoms with Gasteiger partial charge in [-0.25, -0.2) is 0 Å². The zero-order valence-electron chi connectivity index (χ0n) is 12.6. The van der Waals surface area contributed by atoms with Crippen molar-refractivity contribution in [3.05, 3.63) is 0 Å². The summed E-state index contributed by atoms with van der Waals surface area (Å²) in [6.45, 7) is 7.30. The Bertz CT molecular complexity index is 269. The number of nitrogens with one attached hydrogen (secondary N) is 1. The summed E-state index contributed by atoms with van der Waals surface area (Å²) >= 11 is 0. The SMILES string of the molecule is CC(C)(C)CCCCC(=O)NCCCCCC(=O)O. The Morgan fingerprint density at radius 1 is 0.947 bits per heavy atom. The molecule has 0 aliphatic rings. The van der Waals surface area contributed by atoms with Crippen molar-refractivity contribution < 1.29 is 14.7 Å². The Balaban J connectivity index is 3.33. The van der Waals surface area contributed by atoms with Crippen LogP contribution < -0.4 is 5.32 Å². The number of hydrogen-bond donors (Lipinski definition) is 2. The van der Waals surface area contributed by atoms with E-state index in [1.54, 1.807) is 0 Å². The molecule has 0 spiro atoms. The maximum Gasteiger partial charge on any atom is 0.303 e. The molecule has 0 aromatic rings. The highest BCUT2D eigenvalue weighted by molar-refractivity contribution is 5.75. The third-order valence-electron chi connectivity index (χ3n) is 2.97. The van der Waals surface area contributed by atoms with Crippen molar-refractivity contribution >= 4 is 11.9 Å². The molecule has 0 aromatic heterocycles. The molecule has 4 nitrogen and oxygen atoms in total. The zero-order chi connectivity index (χ0) is 14.7. The topological polar surface area (TPSA) is 66.4 Å². The first kappa shape index (κ1) is 17.9. The lowest BCUT2D eigenvalue weighted by atomic mass is 9.89. The molecule has 2 N–H and O–H groups in total. The van der Waals surface area contributed by atoms with E-state index in [1.807, 2.05) is 0 Å². The van der Waals surface area contributed by atoms with Crippen molar-refractivity contribution in [2.24, 2.45) is 5.41 Å². The van der Waals surface area contributed by atoms with E-state index in [4.69, 9.17) is 5.11 Å². The van der Waals surface area contributed by atoms with Gasteiger partial charge in [-0.2, -0.15) is 0 Å². The number of carboxylic acids is 1. The minimum absolute atomic E-state index is 0.118. The van der Waals surface area contributed by atoms with Crippen LogP contribution in [0.2, 0.25) is 0 Å². The van der Waals surface area contributed by atoms with Gasteiger partial charge in [0.05, 0.1) is 0 Å². The predicted octanol–water partition coefficient (Wildman–Crippen LogP) is 3.35. The molecule has 0 aliphatic heterocycles. The van der Waals surface area contributed by atoms with E-state index in [0.717, 1.165) is 32.1 Å². The second kappa shape index (κ2) is 9.82. The van der Waals surface area contributed by atoms with Gasteiger partial charge in [0.15, 0.2) is 0 Å². The Morgan fingerprint density at radius 2 is 1.58 bits per heavy atom. The Hall–Kier alpha value is -1.06. The average molecular weight is 271 g/mol. The minimum atomic E-state index is -0.747. The van der Waals surface area contributed by atoms with Gasteiger partial charge >= 0.3 is 5.97 Å². The molecule has 0 heterocycles. The summed E-state index contributed by atoms with van der Waals surface area (Å²) in [5, 5.41) is 11.3. The van der Waals surface area contributed by atoms with Gasteiger partial charge in [0.2, 0.25) is 5.91 Å². The molecule has 0 saturated heterocycles. The largest absolute Gasteiger partial charge is 0.481 e. The minimum Gasteiger partial charge on any atom is -0.481 e. The van der Waals surface area contributed by atoms with E-state index in [9.17, 15) is 9.59 Å². The molecule has 1 amide bonds. The van der Waals surface area contributed by atoms with E-state index in [-0.39, 0.29) is 12.3 Å².